The number of nitrogens with one attached hydrogen (secondary N) is 1. The molecule has 0 saturated carbocycles. The summed E-state index contributed by atoms with van der Waals surface area (Å²) >= 11 is 0. The average Bonchev–Trinajstić information content (AvgIpc) is 3.22. The lowest BCUT2D eigenvalue weighted by molar-refractivity contribution is -0.123. The zero-order valence-corrected chi connectivity index (χ0v) is 21.6. The van der Waals surface area contributed by atoms with Crippen LogP contribution in [-0.2, 0) is 17.8 Å². The van der Waals surface area contributed by atoms with E-state index in [1.807, 2.05) is 62.4 Å². The van der Waals surface area contributed by atoms with Crippen molar-refractivity contribution < 1.29 is 14.3 Å². The molecular formula is C30H35N3O3. The van der Waals surface area contributed by atoms with Crippen LogP contribution in [-0.4, -0.2) is 35.2 Å². The highest BCUT2D eigenvalue weighted by molar-refractivity contribution is 5.77. The second-order valence-corrected chi connectivity index (χ2v) is 9.23. The molecule has 0 aliphatic carbocycles. The molecule has 188 valence electrons. The number of carbonyl (C=O) groups is 1. The largest absolute Gasteiger partial charge is 0.491 e. The minimum absolute atomic E-state index is 0.0124. The summed E-state index contributed by atoms with van der Waals surface area (Å²) in [6.07, 6.45) is 1.55. The van der Waals surface area contributed by atoms with Gasteiger partial charge in [0.2, 0.25) is 0 Å². The van der Waals surface area contributed by atoms with E-state index in [1.165, 1.54) is 11.1 Å². The third-order valence-electron chi connectivity index (χ3n) is 6.46. The zero-order valence-electron chi connectivity index (χ0n) is 21.6. The van der Waals surface area contributed by atoms with Crippen LogP contribution in [0.2, 0.25) is 0 Å². The van der Waals surface area contributed by atoms with Crippen molar-refractivity contribution in [2.45, 2.75) is 47.1 Å². The van der Waals surface area contributed by atoms with Gasteiger partial charge >= 0.3 is 0 Å². The number of hydrogen-bond donors (Lipinski definition) is 1. The molecule has 0 fully saturated rings. The van der Waals surface area contributed by atoms with Gasteiger partial charge in [-0.05, 0) is 80.6 Å². The number of benzene rings is 3. The number of ether oxygens (including phenoxy) is 2. The first kappa shape index (κ1) is 25.3. The third-order valence-corrected chi connectivity index (χ3v) is 6.46. The average molecular weight is 486 g/mol. The number of carbonyl (C=O) groups excluding carboxylic acids is 1. The van der Waals surface area contributed by atoms with Gasteiger partial charge in [0.1, 0.15) is 23.9 Å². The van der Waals surface area contributed by atoms with E-state index >= 15 is 0 Å². The van der Waals surface area contributed by atoms with E-state index in [0.29, 0.717) is 19.7 Å². The van der Waals surface area contributed by atoms with Gasteiger partial charge in [0.15, 0.2) is 6.61 Å². The molecule has 0 bridgehead atoms. The fourth-order valence-electron chi connectivity index (χ4n) is 4.22. The number of imidazole rings is 1. The van der Waals surface area contributed by atoms with Gasteiger partial charge in [-0.1, -0.05) is 36.4 Å². The topological polar surface area (TPSA) is 65.4 Å². The van der Waals surface area contributed by atoms with Crippen molar-refractivity contribution >= 4 is 16.9 Å². The lowest BCUT2D eigenvalue weighted by Gasteiger charge is -2.13. The number of amides is 1. The quantitative estimate of drug-likeness (QED) is 0.286. The second kappa shape index (κ2) is 11.8. The fraction of sp³-hybridized carbons (Fsp3) is 0.333. The van der Waals surface area contributed by atoms with Crippen LogP contribution in [0, 0.1) is 27.7 Å². The molecule has 3 aromatic carbocycles. The van der Waals surface area contributed by atoms with Crippen molar-refractivity contribution in [3.63, 3.8) is 0 Å². The summed E-state index contributed by atoms with van der Waals surface area (Å²) in [6.45, 7) is 10.0. The van der Waals surface area contributed by atoms with Crippen molar-refractivity contribution in [1.29, 1.82) is 0 Å². The highest BCUT2D eigenvalue weighted by Gasteiger charge is 2.12. The molecular weight excluding hydrogens is 450 g/mol. The Bertz CT molecular complexity index is 1340. The monoisotopic (exact) mass is 485 g/mol. The highest BCUT2D eigenvalue weighted by atomic mass is 16.5. The zero-order chi connectivity index (χ0) is 25.5. The molecule has 6 nitrogen and oxygen atoms in total. The summed E-state index contributed by atoms with van der Waals surface area (Å²) in [5.74, 6) is 2.56. The molecule has 4 aromatic rings. The van der Waals surface area contributed by atoms with Gasteiger partial charge in [0, 0.05) is 13.0 Å². The van der Waals surface area contributed by atoms with Crippen LogP contribution in [0.3, 0.4) is 0 Å². The predicted octanol–water partition coefficient (Wildman–Crippen LogP) is 5.48. The van der Waals surface area contributed by atoms with E-state index in [4.69, 9.17) is 14.5 Å². The van der Waals surface area contributed by atoms with Gasteiger partial charge in [0.05, 0.1) is 17.6 Å². The maximum absolute atomic E-state index is 12.3. The smallest absolute Gasteiger partial charge is 0.257 e. The van der Waals surface area contributed by atoms with Crippen molar-refractivity contribution in [1.82, 2.24) is 14.9 Å². The number of aromatic nitrogens is 2. The number of nitrogens with zero attached hydrogens (tertiary/aromatic N) is 2. The van der Waals surface area contributed by atoms with Crippen LogP contribution in [0.1, 0.15) is 34.5 Å². The Morgan fingerprint density at radius 1 is 0.917 bits per heavy atom. The first-order valence-electron chi connectivity index (χ1n) is 12.5. The summed E-state index contributed by atoms with van der Waals surface area (Å²) < 4.78 is 14.0. The lowest BCUT2D eigenvalue weighted by atomic mass is 10.1. The van der Waals surface area contributed by atoms with E-state index in [2.05, 4.69) is 35.9 Å². The Kier molecular flexibility index (Phi) is 8.26. The van der Waals surface area contributed by atoms with E-state index in [9.17, 15) is 4.79 Å². The van der Waals surface area contributed by atoms with E-state index < -0.39 is 0 Å². The van der Waals surface area contributed by atoms with Crippen LogP contribution in [0.5, 0.6) is 11.5 Å². The molecule has 0 aliphatic heterocycles. The Labute approximate surface area is 213 Å². The molecule has 0 saturated heterocycles. The van der Waals surface area contributed by atoms with E-state index in [1.54, 1.807) is 0 Å². The molecule has 1 heterocycles. The van der Waals surface area contributed by atoms with Gasteiger partial charge in [-0.25, -0.2) is 4.98 Å². The van der Waals surface area contributed by atoms with E-state index in [0.717, 1.165) is 52.3 Å². The molecule has 0 radical (unpaired) electrons. The molecule has 0 aliphatic rings. The van der Waals surface area contributed by atoms with Gasteiger partial charge in [-0.3, -0.25) is 4.79 Å². The molecule has 36 heavy (non-hydrogen) atoms. The number of hydrogen-bond acceptors (Lipinski definition) is 4. The molecule has 0 spiro atoms. The van der Waals surface area contributed by atoms with Crippen LogP contribution in [0.4, 0.5) is 0 Å². The number of aryl methyl sites for hydroxylation is 4. The number of fused-ring (bicyclic) bond motifs is 1. The fourth-order valence-corrected chi connectivity index (χ4v) is 4.22. The molecule has 0 unspecified atom stereocenters. The van der Waals surface area contributed by atoms with Gasteiger partial charge in [-0.15, -0.1) is 0 Å². The second-order valence-electron chi connectivity index (χ2n) is 9.23. The first-order valence-corrected chi connectivity index (χ1v) is 12.5. The standard InChI is InChI=1S/C30H35N3O3/c1-21-14-15-23(3)28(19-21)36-20-30(34)31-16-8-13-29-32-25-10-5-6-11-26(25)33(29)17-18-35-27-12-7-9-22(2)24(27)4/h5-7,9-12,14-15,19H,8,13,16-18,20H2,1-4H3,(H,31,34). The van der Waals surface area contributed by atoms with Crippen molar-refractivity contribution in [2.75, 3.05) is 19.8 Å². The molecule has 1 N–H and O–H groups in total. The Balaban J connectivity index is 1.30. The summed E-state index contributed by atoms with van der Waals surface area (Å²) in [5.41, 5.74) is 6.61. The molecule has 4 rings (SSSR count). The Morgan fingerprint density at radius 3 is 2.61 bits per heavy atom. The van der Waals surface area contributed by atoms with Crippen LogP contribution in [0.15, 0.2) is 60.7 Å². The predicted molar refractivity (Wildman–Crippen MR) is 144 cm³/mol. The van der Waals surface area contributed by atoms with Gasteiger partial charge < -0.3 is 19.4 Å². The Morgan fingerprint density at radius 2 is 1.75 bits per heavy atom. The van der Waals surface area contributed by atoms with Gasteiger partial charge in [0.25, 0.3) is 5.91 Å². The summed E-state index contributed by atoms with van der Waals surface area (Å²) in [6, 6.07) is 20.3. The van der Waals surface area contributed by atoms with Crippen LogP contribution >= 0.6 is 0 Å². The third kappa shape index (κ3) is 6.25. The maximum Gasteiger partial charge on any atom is 0.257 e. The summed E-state index contributed by atoms with van der Waals surface area (Å²) in [4.78, 5) is 17.1. The van der Waals surface area contributed by atoms with Gasteiger partial charge in [-0.2, -0.15) is 0 Å². The minimum Gasteiger partial charge on any atom is -0.491 e. The molecule has 1 aromatic heterocycles. The molecule has 0 atom stereocenters. The SMILES string of the molecule is Cc1ccc(C)c(OCC(=O)NCCCc2nc3ccccc3n2CCOc2cccc(C)c2C)c1. The van der Waals surface area contributed by atoms with Crippen LogP contribution < -0.4 is 14.8 Å². The lowest BCUT2D eigenvalue weighted by Crippen LogP contribution is -2.30. The summed E-state index contributed by atoms with van der Waals surface area (Å²) in [5, 5.41) is 2.96. The van der Waals surface area contributed by atoms with Crippen molar-refractivity contribution in [2.24, 2.45) is 0 Å². The van der Waals surface area contributed by atoms with Crippen molar-refractivity contribution in [3.8, 4) is 11.5 Å². The first-order chi connectivity index (χ1) is 17.4. The molecule has 1 amide bonds. The van der Waals surface area contributed by atoms with E-state index in [-0.39, 0.29) is 12.5 Å². The maximum atomic E-state index is 12.3. The number of para-hydroxylation sites is 2. The molecule has 6 heteroatoms. The Hall–Kier alpha value is -3.80. The highest BCUT2D eigenvalue weighted by Crippen LogP contribution is 2.22. The van der Waals surface area contributed by atoms with Crippen LogP contribution in [0.25, 0.3) is 11.0 Å². The summed E-state index contributed by atoms with van der Waals surface area (Å²) in [7, 11) is 0. The van der Waals surface area contributed by atoms with Crippen molar-refractivity contribution in [3.05, 3.63) is 88.7 Å². The normalized spacial score (nSPS) is 11.0. The minimum atomic E-state index is -0.119. The number of rotatable bonds is 11.